The van der Waals surface area contributed by atoms with Crippen molar-refractivity contribution in [1.82, 2.24) is 0 Å². The fraction of sp³-hybridized carbons (Fsp3) is 0.280. The highest BCUT2D eigenvalue weighted by Crippen LogP contribution is 2.41. The van der Waals surface area contributed by atoms with Crippen molar-refractivity contribution in [2.24, 2.45) is 11.8 Å². The van der Waals surface area contributed by atoms with E-state index in [4.69, 9.17) is 4.74 Å². The average molecular weight is 340 g/mol. The van der Waals surface area contributed by atoms with E-state index >= 15 is 0 Å². The van der Waals surface area contributed by atoms with Gasteiger partial charge in [0.15, 0.2) is 0 Å². The van der Waals surface area contributed by atoms with Gasteiger partial charge in [-0.2, -0.15) is 0 Å². The van der Waals surface area contributed by atoms with Gasteiger partial charge in [-0.1, -0.05) is 54.6 Å². The second-order valence-corrected chi connectivity index (χ2v) is 7.63. The highest BCUT2D eigenvalue weighted by atomic mass is 16.5. The van der Waals surface area contributed by atoms with Gasteiger partial charge in [-0.05, 0) is 82.3 Å². The molecule has 130 valence electrons. The Labute approximate surface area is 155 Å². The number of benzene rings is 3. The van der Waals surface area contributed by atoms with Gasteiger partial charge in [-0.15, -0.1) is 0 Å². The lowest BCUT2D eigenvalue weighted by Crippen LogP contribution is -2.23. The van der Waals surface area contributed by atoms with Gasteiger partial charge in [-0.25, -0.2) is 0 Å². The average Bonchev–Trinajstić information content (AvgIpc) is 2.73. The maximum absolute atomic E-state index is 5.48. The van der Waals surface area contributed by atoms with E-state index in [0.717, 1.165) is 12.2 Å². The largest absolute Gasteiger partial charge is 0.497 e. The molecule has 2 atom stereocenters. The lowest BCUT2D eigenvalue weighted by Gasteiger charge is -2.32. The Balaban J connectivity index is 1.64. The third-order valence-corrected chi connectivity index (χ3v) is 6.30. The third kappa shape index (κ3) is 2.46. The molecule has 0 N–H and O–H groups in total. The Kier molecular flexibility index (Phi) is 3.81. The van der Waals surface area contributed by atoms with Gasteiger partial charge in [0.05, 0.1) is 7.11 Å². The molecule has 0 fully saturated rings. The van der Waals surface area contributed by atoms with Crippen LogP contribution in [0.25, 0.3) is 21.5 Å². The number of hydrogen-bond donors (Lipinski definition) is 0. The molecule has 0 radical (unpaired) electrons. The predicted octanol–water partition coefficient (Wildman–Crippen LogP) is 6.20. The summed E-state index contributed by atoms with van der Waals surface area (Å²) in [5.41, 5.74) is 3.16. The minimum Gasteiger partial charge on any atom is -0.497 e. The maximum Gasteiger partial charge on any atom is 0.114 e. The van der Waals surface area contributed by atoms with E-state index in [2.05, 4.69) is 66.8 Å². The quantitative estimate of drug-likeness (QED) is 0.504. The van der Waals surface area contributed by atoms with Gasteiger partial charge in [0.25, 0.3) is 0 Å². The zero-order valence-electron chi connectivity index (χ0n) is 15.2. The molecule has 0 amide bonds. The van der Waals surface area contributed by atoms with E-state index in [1.165, 1.54) is 40.8 Å². The third-order valence-electron chi connectivity index (χ3n) is 6.30. The van der Waals surface area contributed by atoms with Crippen LogP contribution in [-0.4, -0.2) is 7.11 Å². The summed E-state index contributed by atoms with van der Waals surface area (Å²) in [6, 6.07) is 17.9. The van der Waals surface area contributed by atoms with Crippen LogP contribution in [0.15, 0.2) is 72.5 Å². The van der Waals surface area contributed by atoms with Crippen molar-refractivity contribution in [3.05, 3.63) is 83.6 Å². The lowest BCUT2D eigenvalue weighted by molar-refractivity contribution is 0.284. The summed E-state index contributed by atoms with van der Waals surface area (Å²) < 4.78 is 5.48. The first kappa shape index (κ1) is 15.7. The number of methoxy groups -OCH3 is 1. The Hall–Kier alpha value is -2.54. The van der Waals surface area contributed by atoms with Gasteiger partial charge in [-0.3, -0.25) is 0 Å². The van der Waals surface area contributed by atoms with E-state index in [1.807, 2.05) is 0 Å². The van der Waals surface area contributed by atoms with Crippen molar-refractivity contribution in [2.45, 2.75) is 25.7 Å². The van der Waals surface area contributed by atoms with E-state index < -0.39 is 0 Å². The first-order valence-electron chi connectivity index (χ1n) is 9.68. The SMILES string of the molecule is COC1=CC(C2CCc3c(c4ccccc4c4ccccc34)C2)CC=C1. The summed E-state index contributed by atoms with van der Waals surface area (Å²) in [7, 11) is 1.77. The van der Waals surface area contributed by atoms with E-state index in [0.29, 0.717) is 11.8 Å². The molecule has 2 unspecified atom stereocenters. The van der Waals surface area contributed by atoms with Crippen LogP contribution in [0.2, 0.25) is 0 Å². The summed E-state index contributed by atoms with van der Waals surface area (Å²) in [4.78, 5) is 0. The molecule has 0 aromatic heterocycles. The molecule has 1 nitrogen and oxygen atoms in total. The minimum absolute atomic E-state index is 0.591. The molecule has 26 heavy (non-hydrogen) atoms. The zero-order valence-corrected chi connectivity index (χ0v) is 15.2. The smallest absolute Gasteiger partial charge is 0.114 e. The number of allylic oxidation sites excluding steroid dienone is 3. The van der Waals surface area contributed by atoms with Crippen LogP contribution >= 0.6 is 0 Å². The molecular formula is C25H24O. The van der Waals surface area contributed by atoms with Crippen molar-refractivity contribution >= 4 is 21.5 Å². The molecule has 0 saturated carbocycles. The first-order chi connectivity index (χ1) is 12.8. The molecule has 3 aromatic rings. The van der Waals surface area contributed by atoms with Gasteiger partial charge in [0, 0.05) is 0 Å². The summed E-state index contributed by atoms with van der Waals surface area (Å²) in [6.45, 7) is 0. The second-order valence-electron chi connectivity index (χ2n) is 7.63. The molecule has 1 heteroatoms. The number of hydrogen-bond acceptors (Lipinski definition) is 1. The van der Waals surface area contributed by atoms with Crippen LogP contribution in [0.4, 0.5) is 0 Å². The number of ether oxygens (including phenoxy) is 1. The lowest BCUT2D eigenvalue weighted by atomic mass is 9.72. The maximum atomic E-state index is 5.48. The molecule has 0 aliphatic heterocycles. The van der Waals surface area contributed by atoms with E-state index in [-0.39, 0.29) is 0 Å². The Morgan fingerprint density at radius 1 is 0.846 bits per heavy atom. The summed E-state index contributed by atoms with van der Waals surface area (Å²) in [5.74, 6) is 2.31. The number of rotatable bonds is 2. The predicted molar refractivity (Wildman–Crippen MR) is 109 cm³/mol. The van der Waals surface area contributed by atoms with Gasteiger partial charge in [0.1, 0.15) is 5.76 Å². The number of aryl methyl sites for hydroxylation is 1. The fourth-order valence-electron chi connectivity index (χ4n) is 5.01. The van der Waals surface area contributed by atoms with Crippen molar-refractivity contribution < 1.29 is 4.74 Å². The van der Waals surface area contributed by atoms with Gasteiger partial charge < -0.3 is 4.74 Å². The summed E-state index contributed by atoms with van der Waals surface area (Å²) in [6.07, 6.45) is 11.5. The highest BCUT2D eigenvalue weighted by molar-refractivity contribution is 6.10. The Morgan fingerprint density at radius 2 is 1.50 bits per heavy atom. The molecule has 2 aliphatic carbocycles. The van der Waals surface area contributed by atoms with Crippen LogP contribution in [-0.2, 0) is 17.6 Å². The first-order valence-corrected chi connectivity index (χ1v) is 9.68. The number of fused-ring (bicyclic) bond motifs is 6. The standard InChI is InChI=1S/C25H24O/c1-26-19-8-6-7-17(15-19)18-13-14-24-22-11-3-2-9-20(22)21-10-4-5-12-23(21)25(24)16-18/h2-6,8-12,15,17-18H,7,13-14,16H2,1H3. The normalized spacial score (nSPS) is 22.3. The molecular weight excluding hydrogens is 316 g/mol. The minimum atomic E-state index is 0.591. The van der Waals surface area contributed by atoms with Crippen LogP contribution in [0.1, 0.15) is 24.0 Å². The van der Waals surface area contributed by atoms with E-state index in [9.17, 15) is 0 Å². The highest BCUT2D eigenvalue weighted by Gasteiger charge is 2.28. The van der Waals surface area contributed by atoms with Crippen molar-refractivity contribution in [3.8, 4) is 0 Å². The van der Waals surface area contributed by atoms with Crippen molar-refractivity contribution in [1.29, 1.82) is 0 Å². The van der Waals surface area contributed by atoms with Crippen molar-refractivity contribution in [3.63, 3.8) is 0 Å². The van der Waals surface area contributed by atoms with Crippen LogP contribution in [0.3, 0.4) is 0 Å². The molecule has 0 spiro atoms. The van der Waals surface area contributed by atoms with Gasteiger partial charge >= 0.3 is 0 Å². The van der Waals surface area contributed by atoms with Gasteiger partial charge in [0.2, 0.25) is 0 Å². The summed E-state index contributed by atoms with van der Waals surface area (Å²) >= 11 is 0. The molecule has 0 bridgehead atoms. The monoisotopic (exact) mass is 340 g/mol. The van der Waals surface area contributed by atoms with E-state index in [1.54, 1.807) is 18.2 Å². The second kappa shape index (κ2) is 6.32. The fourth-order valence-corrected chi connectivity index (χ4v) is 5.01. The topological polar surface area (TPSA) is 9.23 Å². The Bertz CT molecular complexity index is 1040. The van der Waals surface area contributed by atoms with Crippen LogP contribution in [0, 0.1) is 11.8 Å². The van der Waals surface area contributed by atoms with Crippen LogP contribution < -0.4 is 0 Å². The molecule has 0 saturated heterocycles. The van der Waals surface area contributed by atoms with Crippen LogP contribution in [0.5, 0.6) is 0 Å². The summed E-state index contributed by atoms with van der Waals surface area (Å²) in [5, 5.41) is 5.71. The molecule has 0 heterocycles. The molecule has 3 aromatic carbocycles. The Morgan fingerprint density at radius 3 is 2.19 bits per heavy atom. The molecule has 5 rings (SSSR count). The van der Waals surface area contributed by atoms with Crippen molar-refractivity contribution in [2.75, 3.05) is 7.11 Å². The zero-order chi connectivity index (χ0) is 17.5. The molecule has 2 aliphatic rings.